The highest BCUT2D eigenvalue weighted by molar-refractivity contribution is 7.18. The molecule has 1 aliphatic carbocycles. The molecule has 4 aromatic rings. The number of hydrogen-bond acceptors (Lipinski definition) is 6. The second-order valence-corrected chi connectivity index (χ2v) is 10.2. The summed E-state index contributed by atoms with van der Waals surface area (Å²) in [5.41, 5.74) is 8.61. The number of aliphatic hydroxyl groups is 1. The molecule has 0 unspecified atom stereocenters. The Labute approximate surface area is 204 Å². The van der Waals surface area contributed by atoms with Crippen LogP contribution in [0.5, 0.6) is 0 Å². The standard InChI is InChI=1S/C26H24F3N3O2S/c1-25(30,14-33)12-11-15-7-9-18-17(13-15)8-10-19-23(18)35-24(31-19)22-20(26(27,28)29)21(32-34-22)16-5-3-2-4-6-16/h2-7,9,13,33H,8,10-12,14,30H2,1H3/t25-/m1/s1. The van der Waals surface area contributed by atoms with Gasteiger partial charge in [-0.2, -0.15) is 13.2 Å². The summed E-state index contributed by atoms with van der Waals surface area (Å²) in [5, 5.41) is 13.4. The van der Waals surface area contributed by atoms with E-state index in [9.17, 15) is 18.3 Å². The first-order chi connectivity index (χ1) is 16.7. The Morgan fingerprint density at radius 3 is 2.60 bits per heavy atom. The monoisotopic (exact) mass is 499 g/mol. The van der Waals surface area contributed by atoms with Crippen molar-refractivity contribution in [2.75, 3.05) is 6.61 Å². The molecule has 2 aromatic carbocycles. The van der Waals surface area contributed by atoms with Gasteiger partial charge in [0.05, 0.1) is 17.2 Å². The molecule has 0 radical (unpaired) electrons. The smallest absolute Gasteiger partial charge is 0.394 e. The molecule has 0 fully saturated rings. The molecule has 0 aliphatic heterocycles. The largest absolute Gasteiger partial charge is 0.422 e. The van der Waals surface area contributed by atoms with Crippen molar-refractivity contribution in [3.05, 3.63) is 70.9 Å². The average Bonchev–Trinajstić information content (AvgIpc) is 3.48. The molecule has 0 spiro atoms. The Balaban J connectivity index is 1.51. The maximum absolute atomic E-state index is 14.1. The van der Waals surface area contributed by atoms with Crippen LogP contribution < -0.4 is 5.73 Å². The van der Waals surface area contributed by atoms with E-state index in [1.54, 1.807) is 30.3 Å². The lowest BCUT2D eigenvalue weighted by Crippen LogP contribution is -2.40. The van der Waals surface area contributed by atoms with Crippen LogP contribution in [-0.2, 0) is 25.4 Å². The van der Waals surface area contributed by atoms with Crippen LogP contribution in [0, 0.1) is 0 Å². The van der Waals surface area contributed by atoms with Gasteiger partial charge in [0, 0.05) is 11.1 Å². The lowest BCUT2D eigenvalue weighted by atomic mass is 9.89. The van der Waals surface area contributed by atoms with E-state index >= 15 is 0 Å². The maximum atomic E-state index is 14.1. The van der Waals surface area contributed by atoms with Gasteiger partial charge in [0.25, 0.3) is 0 Å². The van der Waals surface area contributed by atoms with Gasteiger partial charge in [0.15, 0.2) is 5.01 Å². The van der Waals surface area contributed by atoms with Gasteiger partial charge in [-0.25, -0.2) is 4.98 Å². The van der Waals surface area contributed by atoms with Crippen LogP contribution in [-0.4, -0.2) is 27.4 Å². The van der Waals surface area contributed by atoms with Crippen molar-refractivity contribution in [1.82, 2.24) is 10.1 Å². The molecule has 2 aromatic heterocycles. The number of alkyl halides is 3. The summed E-state index contributed by atoms with van der Waals surface area (Å²) in [6.07, 6.45) is -1.89. The Bertz CT molecular complexity index is 1360. The number of aromatic nitrogens is 2. The first-order valence-corrected chi connectivity index (χ1v) is 12.1. The van der Waals surface area contributed by atoms with Gasteiger partial charge in [-0.3, -0.25) is 0 Å². The molecule has 35 heavy (non-hydrogen) atoms. The zero-order valence-electron chi connectivity index (χ0n) is 19.0. The van der Waals surface area contributed by atoms with Crippen LogP contribution in [0.3, 0.4) is 0 Å². The number of aliphatic hydroxyl groups excluding tert-OH is 1. The van der Waals surface area contributed by atoms with E-state index in [0.717, 1.165) is 40.1 Å². The highest BCUT2D eigenvalue weighted by Crippen LogP contribution is 2.47. The second kappa shape index (κ2) is 8.89. The van der Waals surface area contributed by atoms with E-state index in [-0.39, 0.29) is 23.1 Å². The fraction of sp³-hybridized carbons (Fsp3) is 0.308. The topological polar surface area (TPSA) is 85.2 Å². The minimum atomic E-state index is -4.65. The van der Waals surface area contributed by atoms with Crippen molar-refractivity contribution in [3.8, 4) is 32.5 Å². The van der Waals surface area contributed by atoms with Gasteiger partial charge in [-0.15, -0.1) is 11.3 Å². The summed E-state index contributed by atoms with van der Waals surface area (Å²) in [6.45, 7) is 1.73. The van der Waals surface area contributed by atoms with Crippen LogP contribution in [0.15, 0.2) is 53.1 Å². The Hall–Kier alpha value is -3.01. The number of nitrogens with zero attached hydrogens (tertiary/aromatic N) is 2. The van der Waals surface area contributed by atoms with Gasteiger partial charge >= 0.3 is 6.18 Å². The van der Waals surface area contributed by atoms with E-state index in [4.69, 9.17) is 10.3 Å². The third-order valence-electron chi connectivity index (χ3n) is 6.31. The van der Waals surface area contributed by atoms with Crippen molar-refractivity contribution >= 4 is 11.3 Å². The van der Waals surface area contributed by atoms with Gasteiger partial charge < -0.3 is 15.4 Å². The summed E-state index contributed by atoms with van der Waals surface area (Å²) in [6, 6.07) is 14.3. The number of benzene rings is 2. The molecule has 9 heteroatoms. The average molecular weight is 500 g/mol. The van der Waals surface area contributed by atoms with Gasteiger partial charge in [0.2, 0.25) is 5.76 Å². The molecule has 3 N–H and O–H groups in total. The summed E-state index contributed by atoms with van der Waals surface area (Å²) in [5.74, 6) is -0.347. The quantitative estimate of drug-likeness (QED) is 0.345. The number of fused-ring (bicyclic) bond motifs is 3. The number of thiazole rings is 1. The van der Waals surface area contributed by atoms with Crippen molar-refractivity contribution in [2.24, 2.45) is 5.73 Å². The normalized spacial score (nSPS) is 14.9. The molecular formula is C26H24F3N3O2S. The molecule has 0 bridgehead atoms. The fourth-order valence-corrected chi connectivity index (χ4v) is 5.47. The van der Waals surface area contributed by atoms with Crippen molar-refractivity contribution < 1.29 is 22.8 Å². The first-order valence-electron chi connectivity index (χ1n) is 11.3. The number of halogens is 3. The van der Waals surface area contributed by atoms with Crippen molar-refractivity contribution in [2.45, 2.75) is 44.3 Å². The van der Waals surface area contributed by atoms with Crippen molar-refractivity contribution in [3.63, 3.8) is 0 Å². The highest BCUT2D eigenvalue weighted by Gasteiger charge is 2.42. The predicted molar refractivity (Wildman–Crippen MR) is 129 cm³/mol. The fourth-order valence-electron chi connectivity index (χ4n) is 4.31. The van der Waals surface area contributed by atoms with Crippen LogP contribution in [0.25, 0.3) is 32.5 Å². The molecule has 1 aliphatic rings. The van der Waals surface area contributed by atoms with E-state index in [2.05, 4.69) is 16.2 Å². The summed E-state index contributed by atoms with van der Waals surface area (Å²) >= 11 is 1.20. The number of hydrogen-bond donors (Lipinski definition) is 2. The number of aryl methyl sites for hydroxylation is 3. The first kappa shape index (κ1) is 23.7. The molecule has 0 saturated carbocycles. The molecule has 5 nitrogen and oxygen atoms in total. The molecule has 2 heterocycles. The minimum absolute atomic E-state index is 0.0848. The maximum Gasteiger partial charge on any atom is 0.422 e. The SMILES string of the molecule is C[C@](N)(CO)CCc1ccc2c(c1)CCc1nc(-c3onc(-c4ccccc4)c3C(F)(F)F)sc1-2. The van der Waals surface area contributed by atoms with Gasteiger partial charge in [-0.05, 0) is 49.3 Å². The third kappa shape index (κ3) is 4.63. The van der Waals surface area contributed by atoms with Crippen molar-refractivity contribution in [1.29, 1.82) is 0 Å². The van der Waals surface area contributed by atoms with Crippen LogP contribution in [0.4, 0.5) is 13.2 Å². The van der Waals surface area contributed by atoms with E-state index in [0.29, 0.717) is 18.4 Å². The third-order valence-corrected chi connectivity index (χ3v) is 7.44. The Kier molecular flexibility index (Phi) is 6.03. The lowest BCUT2D eigenvalue weighted by molar-refractivity contribution is -0.136. The Morgan fingerprint density at radius 2 is 1.89 bits per heavy atom. The molecular weight excluding hydrogens is 475 g/mol. The summed E-state index contributed by atoms with van der Waals surface area (Å²) < 4.78 is 47.6. The zero-order chi connectivity index (χ0) is 24.8. The molecule has 1 atom stereocenters. The van der Waals surface area contributed by atoms with Crippen LogP contribution in [0.1, 0.15) is 35.7 Å². The minimum Gasteiger partial charge on any atom is -0.394 e. The molecule has 0 amide bonds. The lowest BCUT2D eigenvalue weighted by Gasteiger charge is -2.22. The molecule has 182 valence electrons. The van der Waals surface area contributed by atoms with Crippen LogP contribution >= 0.6 is 11.3 Å². The number of nitrogens with two attached hydrogens (primary N) is 1. The zero-order valence-corrected chi connectivity index (χ0v) is 19.8. The second-order valence-electron chi connectivity index (χ2n) is 9.20. The van der Waals surface area contributed by atoms with E-state index in [1.165, 1.54) is 11.3 Å². The predicted octanol–water partition coefficient (Wildman–Crippen LogP) is 5.89. The molecule has 5 rings (SSSR count). The van der Waals surface area contributed by atoms with Gasteiger partial charge in [0.1, 0.15) is 11.3 Å². The Morgan fingerprint density at radius 1 is 1.11 bits per heavy atom. The molecule has 0 saturated heterocycles. The van der Waals surface area contributed by atoms with Crippen LogP contribution in [0.2, 0.25) is 0 Å². The van der Waals surface area contributed by atoms with E-state index in [1.807, 2.05) is 19.1 Å². The summed E-state index contributed by atoms with van der Waals surface area (Å²) in [4.78, 5) is 5.40. The highest BCUT2D eigenvalue weighted by atomic mass is 32.1. The van der Waals surface area contributed by atoms with Gasteiger partial charge in [-0.1, -0.05) is 53.7 Å². The number of rotatable bonds is 6. The summed E-state index contributed by atoms with van der Waals surface area (Å²) in [7, 11) is 0. The van der Waals surface area contributed by atoms with E-state index < -0.39 is 17.3 Å².